The second kappa shape index (κ2) is 7.82. The summed E-state index contributed by atoms with van der Waals surface area (Å²) in [6.45, 7) is 8.16. The maximum Gasteiger partial charge on any atom is 0.328 e. The molecular formula is C20H26N6O3. The van der Waals surface area contributed by atoms with Crippen LogP contribution in [-0.4, -0.2) is 70.0 Å². The Labute approximate surface area is 169 Å². The molecule has 0 unspecified atom stereocenters. The Bertz CT molecular complexity index is 953. The van der Waals surface area contributed by atoms with E-state index >= 15 is 0 Å². The van der Waals surface area contributed by atoms with Crippen LogP contribution in [0.3, 0.4) is 0 Å². The molecule has 4 heterocycles. The Balaban J connectivity index is 1.50. The second-order valence-corrected chi connectivity index (χ2v) is 8.09. The first-order chi connectivity index (χ1) is 13.9. The fraction of sp³-hybridized carbons (Fsp3) is 0.500. The smallest absolute Gasteiger partial charge is 0.328 e. The van der Waals surface area contributed by atoms with Crippen molar-refractivity contribution in [2.24, 2.45) is 5.92 Å². The molecule has 0 aliphatic carbocycles. The maximum absolute atomic E-state index is 12.6. The van der Waals surface area contributed by atoms with Crippen LogP contribution < -0.4 is 10.2 Å². The number of anilines is 1. The molecule has 2 saturated heterocycles. The molecule has 9 nitrogen and oxygen atoms in total. The number of rotatable bonds is 5. The Morgan fingerprint density at radius 1 is 1.17 bits per heavy atom. The van der Waals surface area contributed by atoms with Crippen LogP contribution in [0.4, 0.5) is 10.5 Å². The number of piperazine rings is 1. The van der Waals surface area contributed by atoms with E-state index in [-0.39, 0.29) is 18.2 Å². The summed E-state index contributed by atoms with van der Waals surface area (Å²) in [5.41, 5.74) is 2.42. The number of aromatic nitrogens is 2. The minimum absolute atomic E-state index is 0.138. The highest BCUT2D eigenvalue weighted by molar-refractivity contribution is 6.07. The Morgan fingerprint density at radius 3 is 2.72 bits per heavy atom. The van der Waals surface area contributed by atoms with Gasteiger partial charge in [0.2, 0.25) is 11.8 Å². The number of nitrogens with zero attached hydrogens (tertiary/aromatic N) is 5. The van der Waals surface area contributed by atoms with Gasteiger partial charge in [-0.25, -0.2) is 9.31 Å². The standard InChI is InChI=1S/C20H26N6O3/c1-14(2)11-23-7-8-24(19(28)13-23)12-15-3-6-26-16(9-15)17(10-21-26)25-5-4-18(27)22-20(25)29/h3,6,9-10,14H,4-5,7-8,11-13H2,1-2H3,(H,22,27,29). The lowest BCUT2D eigenvalue weighted by atomic mass is 10.1. The summed E-state index contributed by atoms with van der Waals surface area (Å²) < 4.78 is 1.70. The van der Waals surface area contributed by atoms with Gasteiger partial charge in [0.05, 0.1) is 23.9 Å². The maximum atomic E-state index is 12.6. The number of carbonyl (C=O) groups excluding carboxylic acids is 3. The van der Waals surface area contributed by atoms with Crippen molar-refractivity contribution in [1.82, 2.24) is 24.7 Å². The van der Waals surface area contributed by atoms with E-state index in [4.69, 9.17) is 0 Å². The first kappa shape index (κ1) is 19.4. The second-order valence-electron chi connectivity index (χ2n) is 8.09. The molecule has 4 rings (SSSR count). The van der Waals surface area contributed by atoms with Crippen LogP contribution >= 0.6 is 0 Å². The van der Waals surface area contributed by atoms with E-state index in [1.807, 2.05) is 23.2 Å². The van der Waals surface area contributed by atoms with Gasteiger partial charge in [-0.1, -0.05) is 13.8 Å². The van der Waals surface area contributed by atoms with E-state index in [9.17, 15) is 14.4 Å². The highest BCUT2D eigenvalue weighted by Gasteiger charge is 2.27. The molecule has 0 aromatic carbocycles. The summed E-state index contributed by atoms with van der Waals surface area (Å²) >= 11 is 0. The van der Waals surface area contributed by atoms with Crippen LogP contribution in [-0.2, 0) is 16.1 Å². The number of fused-ring (bicyclic) bond motifs is 1. The van der Waals surface area contributed by atoms with Crippen LogP contribution in [0.2, 0.25) is 0 Å². The number of amides is 4. The average molecular weight is 398 g/mol. The number of urea groups is 1. The molecule has 0 bridgehead atoms. The van der Waals surface area contributed by atoms with Crippen LogP contribution in [0, 0.1) is 5.92 Å². The lowest BCUT2D eigenvalue weighted by molar-refractivity contribution is -0.136. The lowest BCUT2D eigenvalue weighted by Crippen LogP contribution is -2.50. The van der Waals surface area contributed by atoms with Crippen molar-refractivity contribution in [3.8, 4) is 0 Å². The van der Waals surface area contributed by atoms with Crippen molar-refractivity contribution in [1.29, 1.82) is 0 Å². The lowest BCUT2D eigenvalue weighted by Gasteiger charge is -2.35. The van der Waals surface area contributed by atoms with Crippen molar-refractivity contribution < 1.29 is 14.4 Å². The molecule has 0 saturated carbocycles. The van der Waals surface area contributed by atoms with Gasteiger partial charge in [-0.05, 0) is 23.6 Å². The normalized spacial score (nSPS) is 18.8. The molecule has 4 amide bonds. The van der Waals surface area contributed by atoms with Crippen LogP contribution in [0.1, 0.15) is 25.8 Å². The first-order valence-corrected chi connectivity index (χ1v) is 9.98. The third-order valence-corrected chi connectivity index (χ3v) is 5.30. The quantitative estimate of drug-likeness (QED) is 0.814. The number of pyridine rings is 1. The van der Waals surface area contributed by atoms with Gasteiger partial charge in [-0.15, -0.1) is 0 Å². The molecule has 1 N–H and O–H groups in total. The van der Waals surface area contributed by atoms with Gasteiger partial charge < -0.3 is 4.90 Å². The van der Waals surface area contributed by atoms with E-state index in [0.29, 0.717) is 37.8 Å². The topological polar surface area (TPSA) is 90.3 Å². The Hall–Kier alpha value is -2.94. The fourth-order valence-corrected chi connectivity index (χ4v) is 3.93. The zero-order valence-corrected chi connectivity index (χ0v) is 16.8. The van der Waals surface area contributed by atoms with Crippen LogP contribution in [0.25, 0.3) is 5.52 Å². The first-order valence-electron chi connectivity index (χ1n) is 9.98. The van der Waals surface area contributed by atoms with Gasteiger partial charge in [-0.3, -0.25) is 24.7 Å². The Kier molecular flexibility index (Phi) is 5.23. The largest absolute Gasteiger partial charge is 0.336 e. The Morgan fingerprint density at radius 2 is 2.00 bits per heavy atom. The third kappa shape index (κ3) is 4.09. The van der Waals surface area contributed by atoms with Gasteiger partial charge in [0.25, 0.3) is 0 Å². The monoisotopic (exact) mass is 398 g/mol. The molecule has 2 aliphatic rings. The number of carbonyl (C=O) groups is 3. The fourth-order valence-electron chi connectivity index (χ4n) is 3.93. The molecule has 2 aromatic rings. The molecule has 2 fully saturated rings. The minimum Gasteiger partial charge on any atom is -0.336 e. The highest BCUT2D eigenvalue weighted by atomic mass is 16.2. The number of nitrogens with one attached hydrogen (secondary N) is 1. The number of imide groups is 1. The van der Waals surface area contributed by atoms with Crippen molar-refractivity contribution >= 4 is 29.0 Å². The third-order valence-electron chi connectivity index (χ3n) is 5.30. The van der Waals surface area contributed by atoms with Gasteiger partial charge >= 0.3 is 6.03 Å². The van der Waals surface area contributed by atoms with Crippen molar-refractivity contribution in [3.05, 3.63) is 30.1 Å². The molecule has 2 aliphatic heterocycles. The molecule has 9 heteroatoms. The van der Waals surface area contributed by atoms with E-state index in [1.165, 1.54) is 4.90 Å². The van der Waals surface area contributed by atoms with Gasteiger partial charge in [0.1, 0.15) is 0 Å². The molecule has 29 heavy (non-hydrogen) atoms. The summed E-state index contributed by atoms with van der Waals surface area (Å²) in [5.74, 6) is 0.414. The zero-order chi connectivity index (χ0) is 20.5. The summed E-state index contributed by atoms with van der Waals surface area (Å²) in [4.78, 5) is 41.8. The summed E-state index contributed by atoms with van der Waals surface area (Å²) in [7, 11) is 0. The summed E-state index contributed by atoms with van der Waals surface area (Å²) in [5, 5.41) is 6.65. The van der Waals surface area contributed by atoms with Gasteiger partial charge in [0.15, 0.2) is 0 Å². The molecule has 2 aromatic heterocycles. The van der Waals surface area contributed by atoms with Gasteiger partial charge in [0, 0.05) is 45.3 Å². The molecular weight excluding hydrogens is 372 g/mol. The predicted molar refractivity (Wildman–Crippen MR) is 107 cm³/mol. The summed E-state index contributed by atoms with van der Waals surface area (Å²) in [6.07, 6.45) is 3.73. The minimum atomic E-state index is -0.432. The SMILES string of the molecule is CC(C)CN1CCN(Cc2ccn3ncc(N4CCC(=O)NC4=O)c3c2)C(=O)C1. The zero-order valence-electron chi connectivity index (χ0n) is 16.8. The van der Waals surface area contributed by atoms with E-state index < -0.39 is 6.03 Å². The van der Waals surface area contributed by atoms with E-state index in [0.717, 1.165) is 24.2 Å². The van der Waals surface area contributed by atoms with E-state index in [2.05, 4.69) is 29.2 Å². The van der Waals surface area contributed by atoms with Crippen molar-refractivity contribution in [2.75, 3.05) is 37.6 Å². The molecule has 0 spiro atoms. The molecule has 0 atom stereocenters. The predicted octanol–water partition coefficient (Wildman–Crippen LogP) is 1.08. The van der Waals surface area contributed by atoms with Crippen molar-refractivity contribution in [2.45, 2.75) is 26.8 Å². The van der Waals surface area contributed by atoms with Crippen molar-refractivity contribution in [3.63, 3.8) is 0 Å². The van der Waals surface area contributed by atoms with E-state index in [1.54, 1.807) is 10.7 Å². The van der Waals surface area contributed by atoms with Gasteiger partial charge in [-0.2, -0.15) is 5.10 Å². The molecule has 0 radical (unpaired) electrons. The average Bonchev–Trinajstić information content (AvgIpc) is 3.07. The number of hydrogen-bond acceptors (Lipinski definition) is 5. The van der Waals surface area contributed by atoms with Crippen LogP contribution in [0.15, 0.2) is 24.5 Å². The van der Waals surface area contributed by atoms with Crippen LogP contribution in [0.5, 0.6) is 0 Å². The molecule has 154 valence electrons. The highest BCUT2D eigenvalue weighted by Crippen LogP contribution is 2.24. The number of hydrogen-bond donors (Lipinski definition) is 1. The summed E-state index contributed by atoms with van der Waals surface area (Å²) in [6, 6.07) is 3.47.